The normalized spacial score (nSPS) is 24.5. The van der Waals surface area contributed by atoms with Crippen molar-refractivity contribution < 1.29 is 19.8 Å². The van der Waals surface area contributed by atoms with Gasteiger partial charge in [-0.1, -0.05) is 0 Å². The average Bonchev–Trinajstić information content (AvgIpc) is 2.93. The number of carboxylic acid groups (broad SMARTS) is 1. The van der Waals surface area contributed by atoms with Crippen LogP contribution in [0.2, 0.25) is 0 Å². The second-order valence-corrected chi connectivity index (χ2v) is 4.66. The maximum atomic E-state index is 12.2. The molecular formula is C11H16N4O4. The topological polar surface area (TPSA) is 122 Å². The number of aromatic nitrogens is 2. The Hall–Kier alpha value is -1.93. The number of rotatable bonds is 3. The highest BCUT2D eigenvalue weighted by molar-refractivity contribution is 5.88. The molecule has 1 fully saturated rings. The van der Waals surface area contributed by atoms with Gasteiger partial charge in [0.25, 0.3) is 0 Å². The maximum absolute atomic E-state index is 12.2. The van der Waals surface area contributed by atoms with E-state index in [0.717, 1.165) is 4.90 Å². The quantitative estimate of drug-likeness (QED) is 0.611. The Bertz CT molecular complexity index is 501. The van der Waals surface area contributed by atoms with Crippen molar-refractivity contribution in [2.75, 3.05) is 6.54 Å². The van der Waals surface area contributed by atoms with Crippen LogP contribution in [0.25, 0.3) is 0 Å². The molecule has 0 saturated carbocycles. The van der Waals surface area contributed by atoms with Gasteiger partial charge in [0.15, 0.2) is 0 Å². The Kier molecular flexibility index (Phi) is 3.54. The molecule has 0 aliphatic carbocycles. The molecule has 19 heavy (non-hydrogen) atoms. The number of carbonyl (C=O) groups is 2. The monoisotopic (exact) mass is 268 g/mol. The Morgan fingerprint density at radius 1 is 1.58 bits per heavy atom. The average molecular weight is 268 g/mol. The number of aryl methyl sites for hydroxylation is 1. The van der Waals surface area contributed by atoms with Gasteiger partial charge in [0.1, 0.15) is 12.1 Å². The highest BCUT2D eigenvalue weighted by Crippen LogP contribution is 2.22. The number of carbonyl (C=O) groups excluding carboxylic acids is 1. The number of β-amino-alcohol motifs (C(OH)–C–C–N with tert-alkyl or cyclic N) is 1. The van der Waals surface area contributed by atoms with Crippen molar-refractivity contribution >= 4 is 11.9 Å². The lowest BCUT2D eigenvalue weighted by Crippen LogP contribution is -2.45. The van der Waals surface area contributed by atoms with Gasteiger partial charge in [0.05, 0.1) is 12.3 Å². The SMILES string of the molecule is Cn1cc(C(N)C(=O)N2CC(O)CC2C(=O)O)cn1. The summed E-state index contributed by atoms with van der Waals surface area (Å²) < 4.78 is 1.51. The number of nitrogens with zero attached hydrogens (tertiary/aromatic N) is 3. The third-order valence-electron chi connectivity index (χ3n) is 3.20. The molecule has 3 atom stereocenters. The molecular weight excluding hydrogens is 252 g/mol. The molecule has 1 amide bonds. The molecule has 8 heteroatoms. The van der Waals surface area contributed by atoms with Gasteiger partial charge >= 0.3 is 5.97 Å². The first-order valence-corrected chi connectivity index (χ1v) is 5.85. The zero-order valence-corrected chi connectivity index (χ0v) is 10.4. The molecule has 3 unspecified atom stereocenters. The predicted octanol–water partition coefficient (Wildman–Crippen LogP) is -1.53. The van der Waals surface area contributed by atoms with Gasteiger partial charge < -0.3 is 20.8 Å². The number of aliphatic hydroxyl groups is 1. The lowest BCUT2D eigenvalue weighted by Gasteiger charge is -2.24. The summed E-state index contributed by atoms with van der Waals surface area (Å²) in [5.41, 5.74) is 6.33. The maximum Gasteiger partial charge on any atom is 0.326 e. The van der Waals surface area contributed by atoms with Crippen molar-refractivity contribution in [3.63, 3.8) is 0 Å². The minimum atomic E-state index is -1.14. The molecule has 2 rings (SSSR count). The third kappa shape index (κ3) is 2.59. The zero-order valence-electron chi connectivity index (χ0n) is 10.4. The largest absolute Gasteiger partial charge is 0.480 e. The van der Waals surface area contributed by atoms with Crippen LogP contribution in [0.4, 0.5) is 0 Å². The number of likely N-dealkylation sites (tertiary alicyclic amines) is 1. The summed E-state index contributed by atoms with van der Waals surface area (Å²) in [5, 5.41) is 22.5. The molecule has 4 N–H and O–H groups in total. The molecule has 1 saturated heterocycles. The van der Waals surface area contributed by atoms with Crippen LogP contribution < -0.4 is 5.73 Å². The van der Waals surface area contributed by atoms with E-state index in [1.807, 2.05) is 0 Å². The Balaban J connectivity index is 2.16. The van der Waals surface area contributed by atoms with Crippen LogP contribution in [0.15, 0.2) is 12.4 Å². The van der Waals surface area contributed by atoms with E-state index in [1.54, 1.807) is 13.2 Å². The summed E-state index contributed by atoms with van der Waals surface area (Å²) in [6.45, 7) is -0.0102. The summed E-state index contributed by atoms with van der Waals surface area (Å²) >= 11 is 0. The molecule has 8 nitrogen and oxygen atoms in total. The van der Waals surface area contributed by atoms with E-state index in [0.29, 0.717) is 5.56 Å². The standard InChI is InChI=1S/C11H16N4O4/c1-14-4-6(3-13-14)9(12)10(17)15-5-7(16)2-8(15)11(18)19/h3-4,7-9,16H,2,5,12H2,1H3,(H,18,19). The van der Waals surface area contributed by atoms with Gasteiger partial charge in [0.2, 0.25) is 5.91 Å². The van der Waals surface area contributed by atoms with E-state index in [4.69, 9.17) is 10.8 Å². The summed E-state index contributed by atoms with van der Waals surface area (Å²) in [6.07, 6.45) is 2.27. The van der Waals surface area contributed by atoms with Gasteiger partial charge in [-0.25, -0.2) is 4.79 Å². The molecule has 0 bridgehead atoms. The number of aliphatic carboxylic acids is 1. The van der Waals surface area contributed by atoms with Crippen LogP contribution in [0.3, 0.4) is 0 Å². The van der Waals surface area contributed by atoms with Crippen LogP contribution in [0.1, 0.15) is 18.0 Å². The summed E-state index contributed by atoms with van der Waals surface area (Å²) in [7, 11) is 1.69. The molecule has 1 aromatic heterocycles. The lowest BCUT2D eigenvalue weighted by atomic mass is 10.1. The van der Waals surface area contributed by atoms with Gasteiger partial charge in [-0.3, -0.25) is 9.48 Å². The van der Waals surface area contributed by atoms with Gasteiger partial charge in [0, 0.05) is 31.8 Å². The minimum Gasteiger partial charge on any atom is -0.480 e. The first-order valence-electron chi connectivity index (χ1n) is 5.85. The number of amides is 1. The van der Waals surface area contributed by atoms with Crippen molar-refractivity contribution in [1.29, 1.82) is 0 Å². The molecule has 0 radical (unpaired) electrons. The first-order chi connectivity index (χ1) is 8.90. The number of aliphatic hydroxyl groups excluding tert-OH is 1. The molecule has 1 aromatic rings. The van der Waals surface area contributed by atoms with Gasteiger partial charge in [-0.2, -0.15) is 5.10 Å². The van der Waals surface area contributed by atoms with Crippen LogP contribution in [-0.4, -0.2) is 55.5 Å². The summed E-state index contributed by atoms with van der Waals surface area (Å²) in [5.74, 6) is -1.65. The Labute approximate surface area is 109 Å². The minimum absolute atomic E-state index is 0.0102. The fourth-order valence-corrected chi connectivity index (χ4v) is 2.21. The van der Waals surface area contributed by atoms with Crippen molar-refractivity contribution in [1.82, 2.24) is 14.7 Å². The molecule has 2 heterocycles. The predicted molar refractivity (Wildman–Crippen MR) is 63.9 cm³/mol. The Morgan fingerprint density at radius 3 is 2.79 bits per heavy atom. The Morgan fingerprint density at radius 2 is 2.26 bits per heavy atom. The highest BCUT2D eigenvalue weighted by atomic mass is 16.4. The molecule has 0 spiro atoms. The summed E-state index contributed by atoms with van der Waals surface area (Å²) in [4.78, 5) is 24.4. The lowest BCUT2D eigenvalue weighted by molar-refractivity contribution is -0.148. The van der Waals surface area contributed by atoms with E-state index in [1.165, 1.54) is 10.9 Å². The number of hydrogen-bond donors (Lipinski definition) is 3. The summed E-state index contributed by atoms with van der Waals surface area (Å²) in [6, 6.07) is -1.99. The fraction of sp³-hybridized carbons (Fsp3) is 0.545. The molecule has 1 aliphatic rings. The van der Waals surface area contributed by atoms with Gasteiger partial charge in [-0.15, -0.1) is 0 Å². The second kappa shape index (κ2) is 4.98. The number of nitrogens with two attached hydrogens (primary N) is 1. The first kappa shape index (κ1) is 13.5. The zero-order chi connectivity index (χ0) is 14.2. The van der Waals surface area contributed by atoms with Crippen LogP contribution in [0, 0.1) is 0 Å². The highest BCUT2D eigenvalue weighted by Gasteiger charge is 2.40. The number of hydrogen-bond acceptors (Lipinski definition) is 5. The van der Waals surface area contributed by atoms with E-state index >= 15 is 0 Å². The van der Waals surface area contributed by atoms with E-state index < -0.39 is 30.1 Å². The van der Waals surface area contributed by atoms with Crippen LogP contribution >= 0.6 is 0 Å². The smallest absolute Gasteiger partial charge is 0.326 e. The van der Waals surface area contributed by atoms with Crippen molar-refractivity contribution in [3.05, 3.63) is 18.0 Å². The second-order valence-electron chi connectivity index (χ2n) is 4.66. The molecule has 1 aliphatic heterocycles. The van der Waals surface area contributed by atoms with Crippen LogP contribution in [-0.2, 0) is 16.6 Å². The number of carboxylic acids is 1. The van der Waals surface area contributed by atoms with E-state index in [-0.39, 0.29) is 13.0 Å². The van der Waals surface area contributed by atoms with Crippen molar-refractivity contribution in [3.8, 4) is 0 Å². The van der Waals surface area contributed by atoms with Gasteiger partial charge in [-0.05, 0) is 0 Å². The van der Waals surface area contributed by atoms with Crippen LogP contribution in [0.5, 0.6) is 0 Å². The van der Waals surface area contributed by atoms with E-state index in [9.17, 15) is 14.7 Å². The fourth-order valence-electron chi connectivity index (χ4n) is 2.21. The van der Waals surface area contributed by atoms with E-state index in [2.05, 4.69) is 5.10 Å². The van der Waals surface area contributed by atoms with Crippen molar-refractivity contribution in [2.45, 2.75) is 24.6 Å². The molecule has 0 aromatic carbocycles. The third-order valence-corrected chi connectivity index (χ3v) is 3.20. The molecule has 104 valence electrons. The van der Waals surface area contributed by atoms with Crippen molar-refractivity contribution in [2.24, 2.45) is 12.8 Å².